The molecule has 0 aliphatic carbocycles. The van der Waals surface area contributed by atoms with Crippen LogP contribution in [0.3, 0.4) is 0 Å². The number of rotatable bonds is 14. The summed E-state index contributed by atoms with van der Waals surface area (Å²) in [6.07, 6.45) is 3.65. The van der Waals surface area contributed by atoms with Gasteiger partial charge in [-0.05, 0) is 66.1 Å². The number of nitrogens with one attached hydrogen (secondary N) is 2. The van der Waals surface area contributed by atoms with Gasteiger partial charge in [0.15, 0.2) is 0 Å². The van der Waals surface area contributed by atoms with Gasteiger partial charge in [0, 0.05) is 22.5 Å². The van der Waals surface area contributed by atoms with Crippen LogP contribution < -0.4 is 20.1 Å². The zero-order valence-electron chi connectivity index (χ0n) is 26.2. The molecule has 47 heavy (non-hydrogen) atoms. The van der Waals surface area contributed by atoms with E-state index in [-0.39, 0.29) is 26.3 Å². The molecule has 0 bridgehead atoms. The maximum absolute atomic E-state index is 12.9. The molecule has 0 aliphatic heterocycles. The third-order valence-corrected chi connectivity index (χ3v) is 6.86. The molecule has 0 aromatic heterocycles. The first-order valence-corrected chi connectivity index (χ1v) is 14.8. The van der Waals surface area contributed by atoms with Crippen LogP contribution in [0.2, 0.25) is 0 Å². The van der Waals surface area contributed by atoms with Gasteiger partial charge in [0.25, 0.3) is 0 Å². The highest BCUT2D eigenvalue weighted by Gasteiger charge is 2.14. The van der Waals surface area contributed by atoms with Gasteiger partial charge in [-0.25, -0.2) is 19.6 Å². The third kappa shape index (κ3) is 10.1. The van der Waals surface area contributed by atoms with Gasteiger partial charge in [-0.1, -0.05) is 48.5 Å². The molecule has 12 heteroatoms. The number of ether oxygens (including phenoxy) is 2. The predicted molar refractivity (Wildman–Crippen MR) is 182 cm³/mol. The Bertz CT molecular complexity index is 1540. The van der Waals surface area contributed by atoms with Crippen molar-refractivity contribution >= 4 is 35.9 Å². The van der Waals surface area contributed by atoms with Crippen LogP contribution >= 0.6 is 0 Å². The van der Waals surface area contributed by atoms with Crippen molar-refractivity contribution in [1.82, 2.24) is 10.0 Å². The molecule has 4 N–H and O–H groups in total. The number of urea groups is 2. The highest BCUT2D eigenvalue weighted by atomic mass is 16.5. The lowest BCUT2D eigenvalue weighted by Gasteiger charge is -2.17. The second kappa shape index (κ2) is 17.7. The molecule has 4 rings (SSSR count). The van der Waals surface area contributed by atoms with Gasteiger partial charge >= 0.3 is 12.1 Å². The fraction of sp³-hybridized carbons (Fsp3) is 0.200. The lowest BCUT2D eigenvalue weighted by atomic mass is 10.0. The number of anilines is 2. The molecule has 0 saturated heterocycles. The Kier molecular flexibility index (Phi) is 12.9. The monoisotopic (exact) mass is 638 g/mol. The predicted octanol–water partition coefficient (Wildman–Crippen LogP) is 5.02. The van der Waals surface area contributed by atoms with Crippen LogP contribution in [0.1, 0.15) is 22.3 Å². The van der Waals surface area contributed by atoms with E-state index in [1.54, 1.807) is 50.6 Å². The van der Waals surface area contributed by atoms with Gasteiger partial charge in [0.2, 0.25) is 0 Å². The first-order chi connectivity index (χ1) is 22.9. The second-order valence-corrected chi connectivity index (χ2v) is 10.1. The molecule has 0 aliphatic rings. The first kappa shape index (κ1) is 34.2. The number of hydrazone groups is 2. The van der Waals surface area contributed by atoms with Gasteiger partial charge in [-0.2, -0.15) is 10.2 Å². The van der Waals surface area contributed by atoms with E-state index >= 15 is 0 Å². The average molecular weight is 639 g/mol. The molecule has 4 amide bonds. The van der Waals surface area contributed by atoms with Crippen LogP contribution in [0, 0.1) is 0 Å². The lowest BCUT2D eigenvalue weighted by Crippen LogP contribution is -2.33. The Balaban J connectivity index is 1.32. The molecular weight excluding hydrogens is 600 g/mol. The van der Waals surface area contributed by atoms with Crippen molar-refractivity contribution in [1.29, 1.82) is 0 Å². The van der Waals surface area contributed by atoms with Crippen LogP contribution in [0.5, 0.6) is 11.5 Å². The molecule has 0 fully saturated rings. The van der Waals surface area contributed by atoms with Crippen LogP contribution in [-0.2, 0) is 6.42 Å². The molecule has 0 heterocycles. The molecule has 0 saturated carbocycles. The zero-order valence-corrected chi connectivity index (χ0v) is 26.2. The van der Waals surface area contributed by atoms with E-state index in [4.69, 9.17) is 9.47 Å². The minimum absolute atomic E-state index is 0.0155. The normalized spacial score (nSPS) is 11.0. The summed E-state index contributed by atoms with van der Waals surface area (Å²) >= 11 is 0. The highest BCUT2D eigenvalue weighted by molar-refractivity contribution is 5.92. The summed E-state index contributed by atoms with van der Waals surface area (Å²) in [5.41, 5.74) is 4.58. The van der Waals surface area contributed by atoms with Crippen molar-refractivity contribution in [2.24, 2.45) is 10.2 Å². The lowest BCUT2D eigenvalue weighted by molar-refractivity contribution is 0.191. The number of hydrogen-bond donors (Lipinski definition) is 4. The summed E-state index contributed by atoms with van der Waals surface area (Å²) < 4.78 is 10.6. The Labute approximate surface area is 273 Å². The van der Waals surface area contributed by atoms with E-state index in [1.165, 1.54) is 12.4 Å². The quantitative estimate of drug-likeness (QED) is 0.113. The molecule has 0 spiro atoms. The van der Waals surface area contributed by atoms with Crippen molar-refractivity contribution in [3.05, 3.63) is 119 Å². The topological polar surface area (TPSA) is 148 Å². The number of hydrogen-bond acceptors (Lipinski definition) is 8. The number of nitrogens with zero attached hydrogens (tertiary/aromatic N) is 4. The minimum Gasteiger partial charge on any atom is -0.496 e. The Hall–Kier alpha value is -5.72. The van der Waals surface area contributed by atoms with E-state index < -0.39 is 12.1 Å². The number of carbonyl (C=O) groups is 2. The number of benzene rings is 4. The first-order valence-electron chi connectivity index (χ1n) is 14.8. The van der Waals surface area contributed by atoms with Crippen LogP contribution in [0.4, 0.5) is 21.0 Å². The summed E-state index contributed by atoms with van der Waals surface area (Å²) in [4.78, 5) is 25.7. The van der Waals surface area contributed by atoms with Crippen molar-refractivity contribution in [2.75, 3.05) is 51.2 Å². The van der Waals surface area contributed by atoms with Crippen molar-refractivity contribution in [3.63, 3.8) is 0 Å². The standard InChI is InChI=1S/C35H38N6O6/c1-46-32-9-5-3-7-28(32)24-36-40(19-21-42)34(44)38-30-15-11-26(12-16-30)23-27-13-17-31(18-14-27)39-35(45)41(20-22-43)37-25-29-8-4-6-10-33(29)47-2/h3-18,24-25,42-43H,19-23H2,1-2H3,(H,38,44)(H,39,45)/b36-24+,37-25+. The fourth-order valence-electron chi connectivity index (χ4n) is 4.45. The molecule has 4 aromatic carbocycles. The maximum Gasteiger partial charge on any atom is 0.342 e. The van der Waals surface area contributed by atoms with Crippen molar-refractivity contribution < 1.29 is 29.3 Å². The molecule has 12 nitrogen and oxygen atoms in total. The second-order valence-electron chi connectivity index (χ2n) is 10.1. The van der Waals surface area contributed by atoms with E-state index in [9.17, 15) is 19.8 Å². The number of amides is 4. The molecular formula is C35H38N6O6. The van der Waals surface area contributed by atoms with Crippen LogP contribution in [0.25, 0.3) is 0 Å². The Morgan fingerprint density at radius 2 is 1.02 bits per heavy atom. The molecule has 0 unspecified atom stereocenters. The SMILES string of the molecule is COc1ccccc1/C=N/N(CCO)C(=O)Nc1ccc(Cc2ccc(NC(=O)N(CCO)/N=C/c3ccccc3OC)cc2)cc1. The average Bonchev–Trinajstić information content (AvgIpc) is 3.10. The van der Waals surface area contributed by atoms with Gasteiger partial charge in [0.1, 0.15) is 11.5 Å². The van der Waals surface area contributed by atoms with Crippen molar-refractivity contribution in [3.8, 4) is 11.5 Å². The third-order valence-electron chi connectivity index (χ3n) is 6.86. The molecule has 0 atom stereocenters. The van der Waals surface area contributed by atoms with E-state index in [1.807, 2.05) is 60.7 Å². The largest absolute Gasteiger partial charge is 0.496 e. The van der Waals surface area contributed by atoms with Crippen LogP contribution in [0.15, 0.2) is 107 Å². The smallest absolute Gasteiger partial charge is 0.342 e. The zero-order chi connectivity index (χ0) is 33.4. The molecule has 4 aromatic rings. The Morgan fingerprint density at radius 3 is 1.38 bits per heavy atom. The maximum atomic E-state index is 12.9. The minimum atomic E-state index is -0.487. The Morgan fingerprint density at radius 1 is 0.638 bits per heavy atom. The number of methoxy groups -OCH3 is 2. The van der Waals surface area contributed by atoms with Gasteiger partial charge in [0.05, 0.1) is 53.0 Å². The number of aliphatic hydroxyl groups excluding tert-OH is 2. The summed E-state index contributed by atoms with van der Waals surface area (Å²) in [6.45, 7) is -0.475. The number of carbonyl (C=O) groups excluding carboxylic acids is 2. The number of para-hydroxylation sites is 2. The summed E-state index contributed by atoms with van der Waals surface area (Å²) in [5.74, 6) is 1.23. The summed E-state index contributed by atoms with van der Waals surface area (Å²) in [5, 5.41) is 35.3. The van der Waals surface area contributed by atoms with Gasteiger partial charge in [-0.3, -0.25) is 0 Å². The molecule has 0 radical (unpaired) electrons. The van der Waals surface area contributed by atoms with Gasteiger partial charge < -0.3 is 30.3 Å². The van der Waals surface area contributed by atoms with E-state index in [2.05, 4.69) is 20.8 Å². The van der Waals surface area contributed by atoms with E-state index in [0.717, 1.165) is 21.1 Å². The fourth-order valence-corrected chi connectivity index (χ4v) is 4.45. The summed E-state index contributed by atoms with van der Waals surface area (Å²) in [6, 6.07) is 28.4. The number of aliphatic hydroxyl groups is 2. The highest BCUT2D eigenvalue weighted by Crippen LogP contribution is 2.19. The van der Waals surface area contributed by atoms with Crippen LogP contribution in [-0.4, -0.2) is 85.2 Å². The van der Waals surface area contributed by atoms with E-state index in [0.29, 0.717) is 40.4 Å². The van der Waals surface area contributed by atoms with Crippen molar-refractivity contribution in [2.45, 2.75) is 6.42 Å². The summed E-state index contributed by atoms with van der Waals surface area (Å²) in [7, 11) is 3.11. The molecule has 244 valence electrons. The van der Waals surface area contributed by atoms with Gasteiger partial charge in [-0.15, -0.1) is 0 Å².